The van der Waals surface area contributed by atoms with Gasteiger partial charge in [-0.25, -0.2) is 0 Å². The van der Waals surface area contributed by atoms with E-state index >= 15 is 0 Å². The lowest BCUT2D eigenvalue weighted by Gasteiger charge is -2.17. The lowest BCUT2D eigenvalue weighted by Crippen LogP contribution is -2.38. The molecule has 0 heterocycles. The van der Waals surface area contributed by atoms with Crippen LogP contribution in [0.15, 0.2) is 0 Å². The third kappa shape index (κ3) is 5.74. The Morgan fingerprint density at radius 1 is 1.46 bits per heavy atom. The molecule has 0 bridgehead atoms. The molecule has 0 aromatic rings. The van der Waals surface area contributed by atoms with Crippen LogP contribution in [-0.2, 0) is 9.63 Å². The molecule has 0 aromatic heterocycles. The molecule has 2 unspecified atom stereocenters. The minimum absolute atomic E-state index is 0.00616. The molecule has 0 radical (unpaired) electrons. The molecule has 4 heteroatoms. The molecule has 0 aromatic carbocycles. The van der Waals surface area contributed by atoms with Crippen LogP contribution in [0.1, 0.15) is 27.7 Å². The van der Waals surface area contributed by atoms with E-state index in [9.17, 15) is 4.79 Å². The largest absolute Gasteiger partial charge is 0.325 e. The standard InChI is InChI=1S/C9H20N2O2/c1-6(2)9(10)5-13-11-7(3)8(4)12/h6-7,9,11H,5,10H2,1-4H3. The van der Waals surface area contributed by atoms with Gasteiger partial charge in [-0.05, 0) is 19.8 Å². The summed E-state index contributed by atoms with van der Waals surface area (Å²) in [7, 11) is 0. The van der Waals surface area contributed by atoms with E-state index in [1.165, 1.54) is 6.92 Å². The van der Waals surface area contributed by atoms with Gasteiger partial charge in [-0.2, -0.15) is 5.48 Å². The Morgan fingerprint density at radius 2 is 2.00 bits per heavy atom. The molecular weight excluding hydrogens is 168 g/mol. The van der Waals surface area contributed by atoms with Gasteiger partial charge in [0.25, 0.3) is 0 Å². The van der Waals surface area contributed by atoms with E-state index < -0.39 is 0 Å². The van der Waals surface area contributed by atoms with E-state index in [2.05, 4.69) is 5.48 Å². The number of hydrogen-bond acceptors (Lipinski definition) is 4. The van der Waals surface area contributed by atoms with Gasteiger partial charge >= 0.3 is 0 Å². The molecule has 0 saturated carbocycles. The van der Waals surface area contributed by atoms with E-state index in [1.807, 2.05) is 13.8 Å². The normalized spacial score (nSPS) is 15.8. The van der Waals surface area contributed by atoms with Crippen molar-refractivity contribution in [1.29, 1.82) is 0 Å². The maximum absolute atomic E-state index is 10.8. The Bertz CT molecular complexity index is 160. The van der Waals surface area contributed by atoms with Gasteiger partial charge in [-0.3, -0.25) is 9.63 Å². The van der Waals surface area contributed by atoms with E-state index in [4.69, 9.17) is 10.6 Å². The first-order valence-corrected chi connectivity index (χ1v) is 4.58. The van der Waals surface area contributed by atoms with Crippen LogP contribution in [0.25, 0.3) is 0 Å². The van der Waals surface area contributed by atoms with Crippen LogP contribution in [0.5, 0.6) is 0 Å². The van der Waals surface area contributed by atoms with E-state index in [-0.39, 0.29) is 17.9 Å². The first-order valence-electron chi connectivity index (χ1n) is 4.58. The fourth-order valence-corrected chi connectivity index (χ4v) is 0.545. The highest BCUT2D eigenvalue weighted by molar-refractivity contribution is 5.80. The Balaban J connectivity index is 3.50. The van der Waals surface area contributed by atoms with Gasteiger partial charge in [-0.1, -0.05) is 13.8 Å². The number of ketones is 1. The average molecular weight is 188 g/mol. The van der Waals surface area contributed by atoms with Crippen molar-refractivity contribution in [2.45, 2.75) is 39.8 Å². The van der Waals surface area contributed by atoms with Gasteiger partial charge in [0.15, 0.2) is 0 Å². The van der Waals surface area contributed by atoms with E-state index in [0.717, 1.165) is 0 Å². The predicted molar refractivity (Wildman–Crippen MR) is 52.0 cm³/mol. The number of carbonyl (C=O) groups excluding carboxylic acids is 1. The average Bonchev–Trinajstić information content (AvgIpc) is 2.03. The smallest absolute Gasteiger partial charge is 0.148 e. The summed E-state index contributed by atoms with van der Waals surface area (Å²) in [4.78, 5) is 15.9. The molecule has 4 nitrogen and oxygen atoms in total. The topological polar surface area (TPSA) is 64.3 Å². The maximum Gasteiger partial charge on any atom is 0.148 e. The van der Waals surface area contributed by atoms with E-state index in [0.29, 0.717) is 12.5 Å². The molecule has 2 atom stereocenters. The van der Waals surface area contributed by atoms with Gasteiger partial charge in [0.05, 0.1) is 12.6 Å². The lowest BCUT2D eigenvalue weighted by atomic mass is 10.1. The van der Waals surface area contributed by atoms with Crippen molar-refractivity contribution in [3.8, 4) is 0 Å². The summed E-state index contributed by atoms with van der Waals surface area (Å²) in [6.45, 7) is 7.76. The van der Waals surface area contributed by atoms with Crippen LogP contribution in [0, 0.1) is 5.92 Å². The fraction of sp³-hybridized carbons (Fsp3) is 0.889. The molecular formula is C9H20N2O2. The number of nitrogens with two attached hydrogens (primary N) is 1. The second-order valence-electron chi connectivity index (χ2n) is 3.67. The monoisotopic (exact) mass is 188 g/mol. The second kappa shape index (κ2) is 6.07. The maximum atomic E-state index is 10.8. The zero-order valence-electron chi connectivity index (χ0n) is 8.83. The van der Waals surface area contributed by atoms with E-state index in [1.54, 1.807) is 6.92 Å². The van der Waals surface area contributed by atoms with Crippen molar-refractivity contribution in [2.24, 2.45) is 11.7 Å². The van der Waals surface area contributed by atoms with Crippen LogP contribution < -0.4 is 11.2 Å². The summed E-state index contributed by atoms with van der Waals surface area (Å²) < 4.78 is 0. The highest BCUT2D eigenvalue weighted by Gasteiger charge is 2.10. The number of Topliss-reactive ketones (excluding diaryl/α,β-unsaturated/α-hetero) is 1. The van der Waals surface area contributed by atoms with Gasteiger partial charge in [0.2, 0.25) is 0 Å². The highest BCUT2D eigenvalue weighted by Crippen LogP contribution is 1.97. The molecule has 3 N–H and O–H groups in total. The van der Waals surface area contributed by atoms with Crippen LogP contribution in [0.3, 0.4) is 0 Å². The van der Waals surface area contributed by atoms with Crippen molar-refractivity contribution in [1.82, 2.24) is 5.48 Å². The second-order valence-corrected chi connectivity index (χ2v) is 3.67. The zero-order chi connectivity index (χ0) is 10.4. The summed E-state index contributed by atoms with van der Waals surface area (Å²) in [5.74, 6) is 0.438. The molecule has 0 spiro atoms. The van der Waals surface area contributed by atoms with Gasteiger partial charge in [0.1, 0.15) is 5.78 Å². The molecule has 0 aliphatic rings. The van der Waals surface area contributed by atoms with Crippen molar-refractivity contribution >= 4 is 5.78 Å². The molecule has 0 aliphatic heterocycles. The van der Waals surface area contributed by atoms with Gasteiger partial charge in [-0.15, -0.1) is 0 Å². The lowest BCUT2D eigenvalue weighted by molar-refractivity contribution is -0.122. The molecule has 0 amide bonds. The molecule has 78 valence electrons. The molecule has 0 fully saturated rings. The van der Waals surface area contributed by atoms with Crippen molar-refractivity contribution in [3.63, 3.8) is 0 Å². The molecule has 13 heavy (non-hydrogen) atoms. The Hall–Kier alpha value is -0.450. The van der Waals surface area contributed by atoms with Crippen LogP contribution in [0.2, 0.25) is 0 Å². The zero-order valence-corrected chi connectivity index (χ0v) is 8.83. The van der Waals surface area contributed by atoms with Crippen LogP contribution in [0.4, 0.5) is 0 Å². The molecule has 0 aliphatic carbocycles. The number of carbonyl (C=O) groups is 1. The number of rotatable bonds is 6. The third-order valence-electron chi connectivity index (χ3n) is 2.00. The predicted octanol–water partition coefficient (Wildman–Crippen LogP) is 0.468. The van der Waals surface area contributed by atoms with Crippen molar-refractivity contribution in [3.05, 3.63) is 0 Å². The summed E-state index contributed by atoms with van der Waals surface area (Å²) in [6.07, 6.45) is 0. The first-order chi connectivity index (χ1) is 5.95. The van der Waals surface area contributed by atoms with Crippen LogP contribution >= 0.6 is 0 Å². The minimum Gasteiger partial charge on any atom is -0.325 e. The van der Waals surface area contributed by atoms with Crippen LogP contribution in [-0.4, -0.2) is 24.5 Å². The Morgan fingerprint density at radius 3 is 2.38 bits per heavy atom. The highest BCUT2D eigenvalue weighted by atomic mass is 16.6. The molecule has 0 rings (SSSR count). The summed E-state index contributed by atoms with van der Waals surface area (Å²) in [6, 6.07) is -0.258. The van der Waals surface area contributed by atoms with Gasteiger partial charge < -0.3 is 5.73 Å². The Labute approximate surface area is 79.8 Å². The van der Waals surface area contributed by atoms with Gasteiger partial charge in [0, 0.05) is 6.04 Å². The minimum atomic E-state index is -0.264. The quantitative estimate of drug-likeness (QED) is 0.595. The number of hydrogen-bond donors (Lipinski definition) is 2. The SMILES string of the molecule is CC(=O)C(C)NOCC(N)C(C)C. The first kappa shape index (κ1) is 12.6. The number of hydroxylamine groups is 1. The summed E-state index contributed by atoms with van der Waals surface area (Å²) in [5.41, 5.74) is 8.37. The fourth-order valence-electron chi connectivity index (χ4n) is 0.545. The molecule has 0 saturated heterocycles. The third-order valence-corrected chi connectivity index (χ3v) is 2.00. The summed E-state index contributed by atoms with van der Waals surface area (Å²) in [5, 5.41) is 0. The van der Waals surface area contributed by atoms with Crippen molar-refractivity contribution in [2.75, 3.05) is 6.61 Å². The van der Waals surface area contributed by atoms with Crippen molar-refractivity contribution < 1.29 is 9.63 Å². The number of nitrogens with one attached hydrogen (secondary N) is 1. The Kier molecular flexibility index (Phi) is 5.86. The summed E-state index contributed by atoms with van der Waals surface area (Å²) >= 11 is 0.